The number of likely N-dealkylation sites (N-methyl/N-ethyl adjacent to an activating group) is 1. The van der Waals surface area contributed by atoms with Gasteiger partial charge >= 0.3 is 17.9 Å². The second-order valence-electron chi connectivity index (χ2n) is 22.0. The van der Waals surface area contributed by atoms with Crippen LogP contribution in [0.3, 0.4) is 0 Å². The number of aliphatic carboxylic acids is 1. The number of carbonyl (C=O) groups excluding carboxylic acids is 2. The second-order valence-corrected chi connectivity index (χ2v) is 22.0. The van der Waals surface area contributed by atoms with Crippen LogP contribution in [0.15, 0.2) is 122 Å². The van der Waals surface area contributed by atoms with Gasteiger partial charge in [-0.2, -0.15) is 0 Å². The molecule has 0 bridgehead atoms. The number of nitrogens with zero attached hydrogens (tertiary/aromatic N) is 1. The van der Waals surface area contributed by atoms with Crippen LogP contribution in [0.4, 0.5) is 0 Å². The first-order chi connectivity index (χ1) is 38.6. The first-order valence-electron chi connectivity index (χ1n) is 31.7. The lowest BCUT2D eigenvalue weighted by Crippen LogP contribution is -2.40. The van der Waals surface area contributed by atoms with Gasteiger partial charge in [-0.25, -0.2) is 4.79 Å². The number of carboxylic acids is 1. The van der Waals surface area contributed by atoms with Gasteiger partial charge in [-0.05, 0) is 109 Å². The number of hydrogen-bond acceptors (Lipinski definition) is 7. The average molecular weight is 1100 g/mol. The molecule has 450 valence electrons. The summed E-state index contributed by atoms with van der Waals surface area (Å²) < 4.78 is 22.9. The summed E-state index contributed by atoms with van der Waals surface area (Å²) in [6.45, 7) is 4.74. The maximum Gasteiger partial charge on any atom is 0.361 e. The molecule has 9 nitrogen and oxygen atoms in total. The van der Waals surface area contributed by atoms with Crippen LogP contribution in [-0.4, -0.2) is 87.4 Å². The molecule has 0 heterocycles. The lowest BCUT2D eigenvalue weighted by Gasteiger charge is -2.25. The first kappa shape index (κ1) is 74.7. The molecule has 0 aromatic heterocycles. The molecule has 1 N–H and O–H groups in total. The zero-order valence-electron chi connectivity index (χ0n) is 51.2. The van der Waals surface area contributed by atoms with E-state index in [2.05, 4.69) is 135 Å². The quantitative estimate of drug-likeness (QED) is 0.0211. The van der Waals surface area contributed by atoms with Crippen molar-refractivity contribution in [1.82, 2.24) is 0 Å². The van der Waals surface area contributed by atoms with Crippen LogP contribution < -0.4 is 0 Å². The van der Waals surface area contributed by atoms with Gasteiger partial charge in [-0.15, -0.1) is 0 Å². The van der Waals surface area contributed by atoms with E-state index in [1.807, 2.05) is 21.1 Å². The highest BCUT2D eigenvalue weighted by atomic mass is 16.7. The minimum absolute atomic E-state index is 0.177. The van der Waals surface area contributed by atoms with E-state index in [0.717, 1.165) is 109 Å². The SMILES string of the molecule is CC/C=C\C/C=C\C/C=C\C/C=C\C/C=C\C/C=C\C/C=C\C/C=C\C/C=C\CCCCCCCC(=O)OC(COC(=O)CCCCCCCCCCC/C=C\CCCCCCCCCC)COC(OCC[N+](C)(C)C)C(=O)O. The van der Waals surface area contributed by atoms with E-state index >= 15 is 0 Å². The number of rotatable bonds is 57. The molecule has 9 heteroatoms. The summed E-state index contributed by atoms with van der Waals surface area (Å²) in [7, 11) is 5.96. The molecule has 79 heavy (non-hydrogen) atoms. The van der Waals surface area contributed by atoms with Gasteiger partial charge in [-0.3, -0.25) is 9.59 Å². The van der Waals surface area contributed by atoms with Crippen LogP contribution in [0.5, 0.6) is 0 Å². The summed E-state index contributed by atoms with van der Waals surface area (Å²) in [5.41, 5.74) is 0. The number of unbranched alkanes of at least 4 members (excludes halogenated alkanes) is 22. The van der Waals surface area contributed by atoms with E-state index < -0.39 is 24.3 Å². The lowest BCUT2D eigenvalue weighted by molar-refractivity contribution is -0.870. The predicted octanol–water partition coefficient (Wildman–Crippen LogP) is 19.2. The molecule has 2 unspecified atom stereocenters. The Bertz CT molecular complexity index is 1710. The molecular weight excluding hydrogens is 983 g/mol. The lowest BCUT2D eigenvalue weighted by atomic mass is 10.1. The summed E-state index contributed by atoms with van der Waals surface area (Å²) >= 11 is 0. The predicted molar refractivity (Wildman–Crippen MR) is 336 cm³/mol. The Morgan fingerprint density at radius 3 is 1.09 bits per heavy atom. The van der Waals surface area contributed by atoms with Crippen molar-refractivity contribution in [1.29, 1.82) is 0 Å². The molecule has 0 amide bonds. The summed E-state index contributed by atoms with van der Waals surface area (Å²) in [6.07, 6.45) is 81.4. The Kier molecular flexibility index (Phi) is 56.5. The van der Waals surface area contributed by atoms with Gasteiger partial charge in [0.1, 0.15) is 13.2 Å². The van der Waals surface area contributed by atoms with E-state index in [4.69, 9.17) is 18.9 Å². The minimum atomic E-state index is -1.52. The van der Waals surface area contributed by atoms with Crippen molar-refractivity contribution in [2.75, 3.05) is 47.5 Å². The van der Waals surface area contributed by atoms with Crippen molar-refractivity contribution in [2.24, 2.45) is 0 Å². The van der Waals surface area contributed by atoms with Crippen LogP contribution >= 0.6 is 0 Å². The van der Waals surface area contributed by atoms with Gasteiger partial charge in [0.2, 0.25) is 0 Å². The van der Waals surface area contributed by atoms with Gasteiger partial charge in [0.25, 0.3) is 6.29 Å². The van der Waals surface area contributed by atoms with Crippen molar-refractivity contribution in [3.8, 4) is 0 Å². The van der Waals surface area contributed by atoms with Crippen molar-refractivity contribution in [3.05, 3.63) is 122 Å². The van der Waals surface area contributed by atoms with Crippen LogP contribution in [0.1, 0.15) is 245 Å². The van der Waals surface area contributed by atoms with Gasteiger partial charge < -0.3 is 28.5 Å². The topological polar surface area (TPSA) is 108 Å². The molecule has 0 radical (unpaired) electrons. The molecule has 2 atom stereocenters. The third kappa shape index (κ3) is 61.2. The third-order valence-electron chi connectivity index (χ3n) is 13.2. The Morgan fingerprint density at radius 2 is 0.722 bits per heavy atom. The molecule has 0 rings (SSSR count). The summed E-state index contributed by atoms with van der Waals surface area (Å²) in [5, 5.41) is 9.72. The van der Waals surface area contributed by atoms with Gasteiger partial charge in [0.15, 0.2) is 6.10 Å². The number of quaternary nitrogens is 1. The van der Waals surface area contributed by atoms with Crippen molar-refractivity contribution < 1.29 is 42.9 Å². The molecule has 0 aliphatic heterocycles. The average Bonchev–Trinajstić information content (AvgIpc) is 3.42. The molecule has 0 aliphatic rings. The third-order valence-corrected chi connectivity index (χ3v) is 13.2. The number of allylic oxidation sites excluding steroid dienone is 20. The van der Waals surface area contributed by atoms with Gasteiger partial charge in [0.05, 0.1) is 34.4 Å². The summed E-state index contributed by atoms with van der Waals surface area (Å²) in [6, 6.07) is 0. The maximum atomic E-state index is 12.9. The normalized spacial score (nSPS) is 13.6. The fraction of sp³-hybridized carbons (Fsp3) is 0.671. The van der Waals surface area contributed by atoms with E-state index in [1.165, 1.54) is 103 Å². The van der Waals surface area contributed by atoms with Crippen molar-refractivity contribution in [2.45, 2.75) is 257 Å². The molecular formula is C70H118NO8+. The minimum Gasteiger partial charge on any atom is -0.477 e. The fourth-order valence-electron chi connectivity index (χ4n) is 8.35. The van der Waals surface area contributed by atoms with Crippen LogP contribution in [0, 0.1) is 0 Å². The van der Waals surface area contributed by atoms with Gasteiger partial charge in [0, 0.05) is 12.8 Å². The number of carbonyl (C=O) groups is 3. The zero-order valence-corrected chi connectivity index (χ0v) is 51.2. The van der Waals surface area contributed by atoms with Gasteiger partial charge in [-0.1, -0.05) is 245 Å². The molecule has 0 spiro atoms. The van der Waals surface area contributed by atoms with Crippen LogP contribution in [-0.2, 0) is 33.3 Å². The molecule has 0 aliphatic carbocycles. The van der Waals surface area contributed by atoms with Crippen LogP contribution in [0.2, 0.25) is 0 Å². The molecule has 0 fully saturated rings. The number of esters is 2. The summed E-state index contributed by atoms with van der Waals surface area (Å²) in [4.78, 5) is 37.5. The Hall–Kier alpha value is -4.31. The van der Waals surface area contributed by atoms with E-state index in [0.29, 0.717) is 17.4 Å². The summed E-state index contributed by atoms with van der Waals surface area (Å²) in [5.74, 6) is -2.04. The number of ether oxygens (including phenoxy) is 4. The van der Waals surface area contributed by atoms with E-state index in [-0.39, 0.29) is 38.6 Å². The Labute approximate surface area is 485 Å². The highest BCUT2D eigenvalue weighted by Gasteiger charge is 2.25. The molecule has 0 aromatic rings. The second kappa shape index (κ2) is 59.8. The monoisotopic (exact) mass is 1100 g/mol. The van der Waals surface area contributed by atoms with Crippen LogP contribution in [0.25, 0.3) is 0 Å². The molecule has 0 saturated carbocycles. The number of carboxylic acid groups (broad SMARTS) is 1. The molecule has 0 aromatic carbocycles. The Balaban J connectivity index is 4.29. The molecule has 0 saturated heterocycles. The maximum absolute atomic E-state index is 12.9. The first-order valence-corrected chi connectivity index (χ1v) is 31.7. The smallest absolute Gasteiger partial charge is 0.361 e. The fourth-order valence-corrected chi connectivity index (χ4v) is 8.35. The largest absolute Gasteiger partial charge is 0.477 e. The highest BCUT2D eigenvalue weighted by Crippen LogP contribution is 2.15. The zero-order chi connectivity index (χ0) is 57.6. The standard InChI is InChI=1S/C70H117NO8/c1-6-8-10-12-14-16-18-20-22-24-26-28-29-30-31-32-33-34-35-36-37-38-39-41-43-45-47-49-51-53-55-57-59-61-68(73)79-66(65-78-70(69(74)75)76-63-62-71(3,4)5)64-77-67(72)60-58-56-54-52-50-48-46-44-42-40-27-25-23-21-19-17-15-13-11-9-7-2/h8,10,14,16,20,22,25-28,30-31,33-34,36-37,39,41,45,47,66,70H,6-7,9,11-13,15,17-19,21,23-24,29,32,35,38,40,42-44,46,48-65H2,1-5H3/p+1/b10-8-,16-14-,22-20-,27-25-,28-26-,31-30-,34-33-,37-36-,41-39-,47-45-. The van der Waals surface area contributed by atoms with Crippen molar-refractivity contribution in [3.63, 3.8) is 0 Å². The van der Waals surface area contributed by atoms with E-state index in [9.17, 15) is 19.5 Å². The number of hydrogen-bond donors (Lipinski definition) is 1. The Morgan fingerprint density at radius 1 is 0.392 bits per heavy atom. The van der Waals surface area contributed by atoms with Crippen molar-refractivity contribution >= 4 is 17.9 Å². The van der Waals surface area contributed by atoms with E-state index in [1.54, 1.807) is 0 Å². The highest BCUT2D eigenvalue weighted by molar-refractivity contribution is 5.71.